The van der Waals surface area contributed by atoms with Crippen LogP contribution in [-0.4, -0.2) is 11.5 Å². The van der Waals surface area contributed by atoms with Crippen LogP contribution >= 0.6 is 11.8 Å². The first-order chi connectivity index (χ1) is 9.47. The topological polar surface area (TPSA) is 17.1 Å². The lowest BCUT2D eigenvalue weighted by Gasteiger charge is -2.04. The van der Waals surface area contributed by atoms with Gasteiger partial charge in [-0.15, -0.1) is 11.8 Å². The molecule has 0 aliphatic heterocycles. The second-order valence-electron chi connectivity index (χ2n) is 3.91. The Labute approximate surface area is 116 Å². The van der Waals surface area contributed by atoms with Gasteiger partial charge in [0, 0.05) is 11.0 Å². The molecule has 0 saturated heterocycles. The van der Waals surface area contributed by atoms with Crippen LogP contribution in [0, 0.1) is 23.3 Å². The molecule has 2 aromatic carbocycles. The molecule has 0 fully saturated rings. The molecule has 1 nitrogen and oxygen atoms in total. The van der Waals surface area contributed by atoms with E-state index in [9.17, 15) is 22.4 Å². The minimum atomic E-state index is -1.02. The number of hydrogen-bond acceptors (Lipinski definition) is 2. The van der Waals surface area contributed by atoms with Gasteiger partial charge in [-0.2, -0.15) is 0 Å². The highest BCUT2D eigenvalue weighted by Gasteiger charge is 2.13. The first-order valence-electron chi connectivity index (χ1n) is 5.53. The molecule has 104 valence electrons. The number of halogens is 4. The third-order valence-corrected chi connectivity index (χ3v) is 3.49. The number of carbonyl (C=O) groups is 1. The van der Waals surface area contributed by atoms with E-state index in [1.807, 2.05) is 0 Å². The van der Waals surface area contributed by atoms with Crippen molar-refractivity contribution >= 4 is 17.5 Å². The Morgan fingerprint density at radius 3 is 2.30 bits per heavy atom. The van der Waals surface area contributed by atoms with Gasteiger partial charge < -0.3 is 0 Å². The Bertz CT molecular complexity index is 658. The van der Waals surface area contributed by atoms with Gasteiger partial charge >= 0.3 is 0 Å². The molecular formula is C14H8F4OS. The maximum atomic E-state index is 13.4. The maximum Gasteiger partial charge on any atom is 0.176 e. The van der Waals surface area contributed by atoms with E-state index in [-0.39, 0.29) is 11.3 Å². The predicted molar refractivity (Wildman–Crippen MR) is 67.8 cm³/mol. The number of carbonyl (C=O) groups excluding carboxylic acids is 1. The largest absolute Gasteiger partial charge is 0.293 e. The van der Waals surface area contributed by atoms with Crippen LogP contribution in [-0.2, 0) is 0 Å². The van der Waals surface area contributed by atoms with Crippen molar-refractivity contribution < 1.29 is 22.4 Å². The Morgan fingerprint density at radius 1 is 0.900 bits per heavy atom. The second kappa shape index (κ2) is 6.09. The summed E-state index contributed by atoms with van der Waals surface area (Å²) in [6.45, 7) is 0. The summed E-state index contributed by atoms with van der Waals surface area (Å²) in [5.41, 5.74) is -0.235. The molecular weight excluding hydrogens is 292 g/mol. The van der Waals surface area contributed by atoms with Crippen LogP contribution in [0.25, 0.3) is 0 Å². The van der Waals surface area contributed by atoms with Crippen LogP contribution in [0.2, 0.25) is 0 Å². The fourth-order valence-electron chi connectivity index (χ4n) is 1.51. The lowest BCUT2D eigenvalue weighted by atomic mass is 10.1. The number of Topliss-reactive ketones (excluding diaryl/α,β-unsaturated/α-hetero) is 1. The summed E-state index contributed by atoms with van der Waals surface area (Å²) in [4.78, 5) is 12.1. The molecule has 0 amide bonds. The summed E-state index contributed by atoms with van der Waals surface area (Å²) in [7, 11) is 0. The standard InChI is InChI=1S/C14H8F4OS/c15-8-1-3-10(12(17)5-8)14(19)7-20-9-2-4-11(16)13(18)6-9/h1-6H,7H2. The normalized spacial score (nSPS) is 10.6. The average Bonchev–Trinajstić information content (AvgIpc) is 2.40. The van der Waals surface area contributed by atoms with E-state index >= 15 is 0 Å². The Kier molecular flexibility index (Phi) is 4.44. The molecule has 2 aromatic rings. The van der Waals surface area contributed by atoms with Gasteiger partial charge in [0.25, 0.3) is 0 Å². The molecule has 2 rings (SSSR count). The van der Waals surface area contributed by atoms with E-state index in [0.717, 1.165) is 36.0 Å². The zero-order valence-electron chi connectivity index (χ0n) is 10.00. The van der Waals surface area contributed by atoms with Crippen molar-refractivity contribution in [1.82, 2.24) is 0 Å². The summed E-state index contributed by atoms with van der Waals surface area (Å²) >= 11 is 0.943. The van der Waals surface area contributed by atoms with Crippen LogP contribution < -0.4 is 0 Å². The van der Waals surface area contributed by atoms with E-state index in [1.54, 1.807) is 0 Å². The molecule has 0 atom stereocenters. The summed E-state index contributed by atoms with van der Waals surface area (Å²) < 4.78 is 51.8. The smallest absolute Gasteiger partial charge is 0.176 e. The average molecular weight is 300 g/mol. The molecule has 0 unspecified atom stereocenters. The molecule has 0 saturated carbocycles. The van der Waals surface area contributed by atoms with Gasteiger partial charge in [-0.1, -0.05) is 0 Å². The lowest BCUT2D eigenvalue weighted by Crippen LogP contribution is -2.05. The SMILES string of the molecule is O=C(CSc1ccc(F)c(F)c1)c1ccc(F)cc1F. The molecule has 0 aliphatic rings. The molecule has 0 spiro atoms. The quantitative estimate of drug-likeness (QED) is 0.478. The van der Waals surface area contributed by atoms with Crippen molar-refractivity contribution in [2.24, 2.45) is 0 Å². The van der Waals surface area contributed by atoms with Gasteiger partial charge in [0.05, 0.1) is 11.3 Å². The summed E-state index contributed by atoms with van der Waals surface area (Å²) in [5, 5.41) is 0. The van der Waals surface area contributed by atoms with Crippen molar-refractivity contribution in [2.75, 3.05) is 5.75 Å². The maximum absolute atomic E-state index is 13.4. The molecule has 0 bridgehead atoms. The van der Waals surface area contributed by atoms with Crippen molar-refractivity contribution in [2.45, 2.75) is 4.90 Å². The molecule has 6 heteroatoms. The fourth-order valence-corrected chi connectivity index (χ4v) is 2.31. The summed E-state index contributed by atoms with van der Waals surface area (Å²) in [5.74, 6) is -4.43. The minimum Gasteiger partial charge on any atom is -0.293 e. The third kappa shape index (κ3) is 3.39. The Hall–Kier alpha value is -1.82. The van der Waals surface area contributed by atoms with Crippen LogP contribution in [0.4, 0.5) is 17.6 Å². The molecule has 0 N–H and O–H groups in total. The van der Waals surface area contributed by atoms with E-state index in [2.05, 4.69) is 0 Å². The lowest BCUT2D eigenvalue weighted by molar-refractivity contribution is 0.101. The van der Waals surface area contributed by atoms with Gasteiger partial charge in [0.1, 0.15) is 11.6 Å². The Morgan fingerprint density at radius 2 is 1.65 bits per heavy atom. The molecule has 20 heavy (non-hydrogen) atoms. The zero-order valence-corrected chi connectivity index (χ0v) is 10.8. The van der Waals surface area contributed by atoms with Crippen LogP contribution in [0.3, 0.4) is 0 Å². The highest BCUT2D eigenvalue weighted by molar-refractivity contribution is 8.00. The number of rotatable bonds is 4. The van der Waals surface area contributed by atoms with E-state index < -0.39 is 29.1 Å². The van der Waals surface area contributed by atoms with Crippen molar-refractivity contribution in [3.05, 3.63) is 65.2 Å². The number of benzene rings is 2. The monoisotopic (exact) mass is 300 g/mol. The second-order valence-corrected chi connectivity index (χ2v) is 4.96. The van der Waals surface area contributed by atoms with Gasteiger partial charge in [-0.3, -0.25) is 4.79 Å². The van der Waals surface area contributed by atoms with E-state index in [0.29, 0.717) is 11.0 Å². The Balaban J connectivity index is 2.06. The van der Waals surface area contributed by atoms with Crippen LogP contribution in [0.5, 0.6) is 0 Å². The van der Waals surface area contributed by atoms with Crippen LogP contribution in [0.15, 0.2) is 41.3 Å². The minimum absolute atomic E-state index is 0.159. The molecule has 0 aromatic heterocycles. The number of thioether (sulfide) groups is 1. The highest BCUT2D eigenvalue weighted by Crippen LogP contribution is 2.22. The number of ketones is 1. The number of hydrogen-bond donors (Lipinski definition) is 0. The summed E-state index contributed by atoms with van der Waals surface area (Å²) in [6, 6.07) is 5.87. The zero-order chi connectivity index (χ0) is 14.7. The van der Waals surface area contributed by atoms with Crippen LogP contribution in [0.1, 0.15) is 10.4 Å². The fraction of sp³-hybridized carbons (Fsp3) is 0.0714. The van der Waals surface area contributed by atoms with Gasteiger partial charge in [-0.25, -0.2) is 17.6 Å². The summed E-state index contributed by atoms with van der Waals surface area (Å²) in [6.07, 6.45) is 0. The first kappa shape index (κ1) is 14.6. The van der Waals surface area contributed by atoms with Gasteiger partial charge in [0.2, 0.25) is 0 Å². The highest BCUT2D eigenvalue weighted by atomic mass is 32.2. The van der Waals surface area contributed by atoms with Crippen molar-refractivity contribution in [3.63, 3.8) is 0 Å². The van der Waals surface area contributed by atoms with Crippen molar-refractivity contribution in [3.8, 4) is 0 Å². The molecule has 0 radical (unpaired) electrons. The molecule has 0 aliphatic carbocycles. The van der Waals surface area contributed by atoms with Gasteiger partial charge in [0.15, 0.2) is 17.4 Å². The third-order valence-electron chi connectivity index (χ3n) is 2.49. The molecule has 0 heterocycles. The van der Waals surface area contributed by atoms with Gasteiger partial charge in [-0.05, 0) is 30.3 Å². The first-order valence-corrected chi connectivity index (χ1v) is 6.52. The van der Waals surface area contributed by atoms with Crippen molar-refractivity contribution in [1.29, 1.82) is 0 Å². The van der Waals surface area contributed by atoms with E-state index in [4.69, 9.17) is 0 Å². The predicted octanol–water partition coefficient (Wildman–Crippen LogP) is 4.22. The van der Waals surface area contributed by atoms with E-state index in [1.165, 1.54) is 6.07 Å².